The molecule has 2 aromatic heterocycles. The number of halogens is 1. The summed E-state index contributed by atoms with van der Waals surface area (Å²) in [6.07, 6.45) is 3.40. The van der Waals surface area contributed by atoms with Crippen molar-refractivity contribution in [3.63, 3.8) is 0 Å². The average molecular weight is 332 g/mol. The van der Waals surface area contributed by atoms with E-state index in [4.69, 9.17) is 11.6 Å². The third-order valence-corrected chi connectivity index (χ3v) is 5.43. The van der Waals surface area contributed by atoms with E-state index in [0.717, 1.165) is 34.6 Å². The minimum absolute atomic E-state index is 0.249. The summed E-state index contributed by atoms with van der Waals surface area (Å²) in [6.45, 7) is 0. The Bertz CT molecular complexity index is 860. The van der Waals surface area contributed by atoms with Crippen molar-refractivity contribution in [3.8, 4) is 5.75 Å². The fraction of sp³-hybridized carbons (Fsp3) is 0.250. The van der Waals surface area contributed by atoms with E-state index < -0.39 is 0 Å². The molecule has 0 radical (unpaired) electrons. The number of hydrogen-bond acceptors (Lipinski definition) is 5. The first kappa shape index (κ1) is 13.8. The normalized spacial score (nSPS) is 13.5. The van der Waals surface area contributed by atoms with Gasteiger partial charge in [0.2, 0.25) is 5.28 Å². The molecule has 2 heterocycles. The van der Waals surface area contributed by atoms with Crippen LogP contribution in [0.25, 0.3) is 10.2 Å². The number of thiophene rings is 1. The van der Waals surface area contributed by atoms with Crippen LogP contribution in [0.15, 0.2) is 24.3 Å². The van der Waals surface area contributed by atoms with E-state index in [2.05, 4.69) is 9.97 Å². The average Bonchev–Trinajstić information content (AvgIpc) is 3.06. The van der Waals surface area contributed by atoms with Crippen LogP contribution in [0.5, 0.6) is 5.75 Å². The van der Waals surface area contributed by atoms with Crippen LogP contribution in [-0.2, 0) is 12.8 Å². The smallest absolute Gasteiger partial charge is 0.225 e. The van der Waals surface area contributed by atoms with Gasteiger partial charge in [0.05, 0.1) is 5.39 Å². The molecule has 0 spiro atoms. The Kier molecular flexibility index (Phi) is 3.20. The second-order valence-electron chi connectivity index (χ2n) is 5.43. The molecular weight excluding hydrogens is 318 g/mol. The van der Waals surface area contributed by atoms with Gasteiger partial charge in [0.15, 0.2) is 0 Å². The van der Waals surface area contributed by atoms with Gasteiger partial charge in [-0.15, -0.1) is 11.3 Å². The van der Waals surface area contributed by atoms with Crippen LogP contribution in [0.3, 0.4) is 0 Å². The molecule has 0 bridgehead atoms. The van der Waals surface area contributed by atoms with Crippen LogP contribution in [0.1, 0.15) is 16.9 Å². The second-order valence-corrected chi connectivity index (χ2v) is 6.85. The Morgan fingerprint density at radius 2 is 1.95 bits per heavy atom. The highest BCUT2D eigenvalue weighted by Crippen LogP contribution is 2.42. The molecule has 1 aromatic carbocycles. The molecule has 0 amide bonds. The van der Waals surface area contributed by atoms with Crippen molar-refractivity contribution >= 4 is 44.7 Å². The number of aromatic nitrogens is 2. The Morgan fingerprint density at radius 3 is 2.73 bits per heavy atom. The van der Waals surface area contributed by atoms with Gasteiger partial charge in [0, 0.05) is 17.6 Å². The highest BCUT2D eigenvalue weighted by Gasteiger charge is 2.24. The number of hydrogen-bond donors (Lipinski definition) is 1. The number of aryl methyl sites for hydroxylation is 2. The zero-order valence-electron chi connectivity index (χ0n) is 12.0. The summed E-state index contributed by atoms with van der Waals surface area (Å²) >= 11 is 7.85. The summed E-state index contributed by atoms with van der Waals surface area (Å²) in [5.74, 6) is 1.08. The van der Waals surface area contributed by atoms with Gasteiger partial charge in [0.1, 0.15) is 16.4 Å². The lowest BCUT2D eigenvalue weighted by atomic mass is 10.1. The van der Waals surface area contributed by atoms with Crippen molar-refractivity contribution in [1.29, 1.82) is 0 Å². The van der Waals surface area contributed by atoms with Crippen molar-refractivity contribution in [3.05, 3.63) is 40.0 Å². The van der Waals surface area contributed by atoms with E-state index in [9.17, 15) is 5.11 Å². The minimum Gasteiger partial charge on any atom is -0.508 e. The highest BCUT2D eigenvalue weighted by molar-refractivity contribution is 7.19. The van der Waals surface area contributed by atoms with E-state index in [1.54, 1.807) is 23.5 Å². The lowest BCUT2D eigenvalue weighted by Crippen LogP contribution is -2.12. The molecule has 1 aliphatic carbocycles. The van der Waals surface area contributed by atoms with Crippen molar-refractivity contribution in [2.75, 3.05) is 11.9 Å². The highest BCUT2D eigenvalue weighted by atomic mass is 35.5. The monoisotopic (exact) mass is 331 g/mol. The number of aromatic hydroxyl groups is 1. The van der Waals surface area contributed by atoms with E-state index in [-0.39, 0.29) is 11.0 Å². The molecule has 1 N–H and O–H groups in total. The maximum atomic E-state index is 9.46. The summed E-state index contributed by atoms with van der Waals surface area (Å²) in [7, 11) is 1.96. The molecule has 4 rings (SSSR count). The van der Waals surface area contributed by atoms with Gasteiger partial charge in [0.25, 0.3) is 0 Å². The number of phenolic OH excluding ortho intramolecular Hbond substituents is 1. The third-order valence-electron chi connectivity index (χ3n) is 4.07. The van der Waals surface area contributed by atoms with Gasteiger partial charge < -0.3 is 10.0 Å². The summed E-state index contributed by atoms with van der Waals surface area (Å²) in [5.41, 5.74) is 2.32. The van der Waals surface area contributed by atoms with Crippen molar-refractivity contribution in [2.24, 2.45) is 0 Å². The van der Waals surface area contributed by atoms with Crippen LogP contribution < -0.4 is 4.90 Å². The maximum absolute atomic E-state index is 9.46. The topological polar surface area (TPSA) is 49.2 Å². The first-order chi connectivity index (χ1) is 10.6. The fourth-order valence-corrected chi connectivity index (χ4v) is 4.46. The lowest BCUT2D eigenvalue weighted by Gasteiger charge is -2.20. The minimum atomic E-state index is 0.249. The van der Waals surface area contributed by atoms with E-state index in [1.807, 2.05) is 24.1 Å². The fourth-order valence-electron chi connectivity index (χ4n) is 2.99. The SMILES string of the molecule is CN(c1ccc(O)cc1)c1nc(Cl)nc2sc3c(c12)CCC3. The molecule has 0 unspecified atom stereocenters. The lowest BCUT2D eigenvalue weighted by molar-refractivity contribution is 0.475. The first-order valence-corrected chi connectivity index (χ1v) is 8.33. The third kappa shape index (κ3) is 2.12. The summed E-state index contributed by atoms with van der Waals surface area (Å²) in [4.78, 5) is 13.2. The van der Waals surface area contributed by atoms with E-state index in [1.165, 1.54) is 16.9 Å². The molecule has 1 aliphatic rings. The maximum Gasteiger partial charge on any atom is 0.225 e. The van der Waals surface area contributed by atoms with Gasteiger partial charge in [-0.25, -0.2) is 4.98 Å². The number of benzene rings is 1. The molecule has 0 saturated carbocycles. The Balaban J connectivity index is 1.91. The Morgan fingerprint density at radius 1 is 1.18 bits per heavy atom. The first-order valence-electron chi connectivity index (χ1n) is 7.14. The molecule has 0 atom stereocenters. The van der Waals surface area contributed by atoms with Crippen LogP contribution in [0.4, 0.5) is 11.5 Å². The van der Waals surface area contributed by atoms with Gasteiger partial charge >= 0.3 is 0 Å². The number of anilines is 2. The van der Waals surface area contributed by atoms with Crippen LogP contribution in [-0.4, -0.2) is 22.1 Å². The molecule has 0 saturated heterocycles. The zero-order chi connectivity index (χ0) is 15.3. The van der Waals surface area contributed by atoms with Gasteiger partial charge in [-0.2, -0.15) is 4.98 Å². The Hall–Kier alpha value is -1.85. The molecular formula is C16H14ClN3OS. The number of fused-ring (bicyclic) bond motifs is 3. The quantitative estimate of drug-likeness (QED) is 0.711. The molecule has 6 heteroatoms. The Labute approximate surface area is 137 Å². The van der Waals surface area contributed by atoms with Crippen molar-refractivity contribution in [1.82, 2.24) is 9.97 Å². The van der Waals surface area contributed by atoms with Crippen molar-refractivity contribution in [2.45, 2.75) is 19.3 Å². The number of rotatable bonds is 2. The van der Waals surface area contributed by atoms with E-state index in [0.29, 0.717) is 0 Å². The molecule has 4 nitrogen and oxygen atoms in total. The van der Waals surface area contributed by atoms with Crippen LogP contribution >= 0.6 is 22.9 Å². The molecule has 0 aliphatic heterocycles. The summed E-state index contributed by atoms with van der Waals surface area (Å²) in [6, 6.07) is 7.07. The molecule has 22 heavy (non-hydrogen) atoms. The number of nitrogens with zero attached hydrogens (tertiary/aromatic N) is 3. The summed E-state index contributed by atoms with van der Waals surface area (Å²) < 4.78 is 0. The van der Waals surface area contributed by atoms with Gasteiger partial charge in [-0.1, -0.05) is 0 Å². The molecule has 0 fully saturated rings. The second kappa shape index (κ2) is 5.11. The largest absolute Gasteiger partial charge is 0.508 e. The van der Waals surface area contributed by atoms with Crippen molar-refractivity contribution < 1.29 is 5.11 Å². The number of phenols is 1. The molecule has 112 valence electrons. The van der Waals surface area contributed by atoms with Gasteiger partial charge in [-0.3, -0.25) is 0 Å². The molecule has 3 aromatic rings. The van der Waals surface area contributed by atoms with Crippen LogP contribution in [0, 0.1) is 0 Å². The predicted molar refractivity (Wildman–Crippen MR) is 90.6 cm³/mol. The van der Waals surface area contributed by atoms with E-state index >= 15 is 0 Å². The van der Waals surface area contributed by atoms with Crippen LogP contribution in [0.2, 0.25) is 5.28 Å². The zero-order valence-corrected chi connectivity index (χ0v) is 13.6. The van der Waals surface area contributed by atoms with Gasteiger partial charge in [-0.05, 0) is 60.7 Å². The standard InChI is InChI=1S/C16H14ClN3OS/c1-20(9-5-7-10(21)8-6-9)14-13-11-3-2-4-12(11)22-15(13)19-16(17)18-14/h5-8,21H,2-4H2,1H3. The predicted octanol–water partition coefficient (Wildman–Crippen LogP) is 4.31. The summed E-state index contributed by atoms with van der Waals surface area (Å²) in [5, 5.41) is 10.8.